The third kappa shape index (κ3) is 5.01. The Balaban J connectivity index is 1.75. The summed E-state index contributed by atoms with van der Waals surface area (Å²) in [5, 5.41) is 18.9. The van der Waals surface area contributed by atoms with E-state index < -0.39 is 5.97 Å². The molecule has 1 aromatic rings. The lowest BCUT2D eigenvalue weighted by molar-refractivity contribution is -0.138. The van der Waals surface area contributed by atoms with Crippen LogP contribution >= 0.6 is 0 Å². The van der Waals surface area contributed by atoms with Crippen molar-refractivity contribution in [1.82, 2.24) is 0 Å². The van der Waals surface area contributed by atoms with Crippen LogP contribution in [0.25, 0.3) is 0 Å². The summed E-state index contributed by atoms with van der Waals surface area (Å²) in [5.41, 5.74) is 1.34. The van der Waals surface area contributed by atoms with E-state index in [1.54, 1.807) is 0 Å². The van der Waals surface area contributed by atoms with E-state index in [4.69, 9.17) is 5.11 Å². The molecule has 0 amide bonds. The van der Waals surface area contributed by atoms with Crippen LogP contribution in [0.2, 0.25) is 0 Å². The van der Waals surface area contributed by atoms with Gasteiger partial charge in [-0.05, 0) is 43.6 Å². The third-order valence-electron chi connectivity index (χ3n) is 4.30. The van der Waals surface area contributed by atoms with Crippen LogP contribution in [0.4, 0.5) is 0 Å². The van der Waals surface area contributed by atoms with E-state index in [2.05, 4.69) is 30.3 Å². The lowest BCUT2D eigenvalue weighted by atomic mass is 9.91. The molecule has 0 aliphatic heterocycles. The number of benzene rings is 1. The Bertz CT molecular complexity index is 467. The lowest BCUT2D eigenvalue weighted by Gasteiger charge is -2.16. The number of hydrogen-bond donors (Lipinski definition) is 2. The minimum atomic E-state index is -0.767. The van der Waals surface area contributed by atoms with E-state index in [0.29, 0.717) is 0 Å². The summed E-state index contributed by atoms with van der Waals surface area (Å²) in [6, 6.07) is 10.4. The van der Waals surface area contributed by atoms with Gasteiger partial charge in [0, 0.05) is 12.3 Å². The molecular weight excluding hydrogens is 264 g/mol. The van der Waals surface area contributed by atoms with Crippen LogP contribution in [0, 0.1) is 11.8 Å². The Morgan fingerprint density at radius 2 is 2.00 bits per heavy atom. The van der Waals surface area contributed by atoms with Crippen LogP contribution < -0.4 is 0 Å². The SMILES string of the molecule is O=C(O)C[C@H]1CC[C@@H](O)[C@@H]1/C=C/CCCc1ccccc1. The van der Waals surface area contributed by atoms with E-state index in [1.807, 2.05) is 12.1 Å². The van der Waals surface area contributed by atoms with Crippen LogP contribution in [0.1, 0.15) is 37.7 Å². The molecule has 1 fully saturated rings. The summed E-state index contributed by atoms with van der Waals surface area (Å²) in [7, 11) is 0. The molecule has 0 bridgehead atoms. The number of aliphatic hydroxyl groups excluding tert-OH is 1. The van der Waals surface area contributed by atoms with Crippen molar-refractivity contribution in [3.05, 3.63) is 48.0 Å². The molecule has 0 saturated heterocycles. The number of aliphatic carboxylic acids is 1. The maximum atomic E-state index is 10.8. The number of aliphatic hydroxyl groups is 1. The quantitative estimate of drug-likeness (QED) is 0.597. The number of carbonyl (C=O) groups is 1. The van der Waals surface area contributed by atoms with Crippen molar-refractivity contribution < 1.29 is 15.0 Å². The highest BCUT2D eigenvalue weighted by molar-refractivity contribution is 5.67. The molecule has 0 unspecified atom stereocenters. The summed E-state index contributed by atoms with van der Waals surface area (Å²) < 4.78 is 0. The van der Waals surface area contributed by atoms with Gasteiger partial charge in [-0.2, -0.15) is 0 Å². The molecule has 1 saturated carbocycles. The van der Waals surface area contributed by atoms with Crippen LogP contribution in [-0.2, 0) is 11.2 Å². The molecule has 1 aliphatic rings. The van der Waals surface area contributed by atoms with Gasteiger partial charge in [0.15, 0.2) is 0 Å². The number of unbranched alkanes of at least 4 members (excludes halogenated alkanes) is 1. The molecule has 3 atom stereocenters. The number of aryl methyl sites for hydroxylation is 1. The van der Waals surface area contributed by atoms with Crippen molar-refractivity contribution in [2.24, 2.45) is 11.8 Å². The fraction of sp³-hybridized carbons (Fsp3) is 0.500. The second-order valence-electron chi connectivity index (χ2n) is 5.89. The van der Waals surface area contributed by atoms with E-state index in [1.165, 1.54) is 5.56 Å². The predicted octanol–water partition coefficient (Wildman–Crippen LogP) is 3.43. The van der Waals surface area contributed by atoms with Crippen LogP contribution in [-0.4, -0.2) is 22.3 Å². The largest absolute Gasteiger partial charge is 0.481 e. The topological polar surface area (TPSA) is 57.5 Å². The highest BCUT2D eigenvalue weighted by Gasteiger charge is 2.34. The zero-order chi connectivity index (χ0) is 15.1. The molecule has 0 heterocycles. The fourth-order valence-electron chi connectivity index (χ4n) is 3.15. The Labute approximate surface area is 126 Å². The second kappa shape index (κ2) is 7.99. The molecule has 0 spiro atoms. The smallest absolute Gasteiger partial charge is 0.303 e. The van der Waals surface area contributed by atoms with Gasteiger partial charge in [-0.3, -0.25) is 4.79 Å². The van der Waals surface area contributed by atoms with Crippen LogP contribution in [0.3, 0.4) is 0 Å². The van der Waals surface area contributed by atoms with E-state index >= 15 is 0 Å². The van der Waals surface area contributed by atoms with Gasteiger partial charge in [-0.1, -0.05) is 42.5 Å². The summed E-state index contributed by atoms with van der Waals surface area (Å²) in [5.74, 6) is -0.669. The number of hydrogen-bond acceptors (Lipinski definition) is 2. The van der Waals surface area contributed by atoms with Crippen LogP contribution in [0.15, 0.2) is 42.5 Å². The maximum Gasteiger partial charge on any atom is 0.303 e. The highest BCUT2D eigenvalue weighted by atomic mass is 16.4. The summed E-state index contributed by atoms with van der Waals surface area (Å²) in [4.78, 5) is 10.8. The molecule has 0 radical (unpaired) electrons. The van der Waals surface area contributed by atoms with E-state index in [-0.39, 0.29) is 24.4 Å². The molecule has 1 aliphatic carbocycles. The molecule has 2 N–H and O–H groups in total. The van der Waals surface area contributed by atoms with Gasteiger partial charge in [0.25, 0.3) is 0 Å². The number of carboxylic acid groups (broad SMARTS) is 1. The number of rotatable bonds is 7. The first-order valence-corrected chi connectivity index (χ1v) is 7.77. The van der Waals surface area contributed by atoms with Crippen LogP contribution in [0.5, 0.6) is 0 Å². The highest BCUT2D eigenvalue weighted by Crippen LogP contribution is 2.35. The van der Waals surface area contributed by atoms with Crippen molar-refractivity contribution in [3.63, 3.8) is 0 Å². The summed E-state index contributed by atoms with van der Waals surface area (Å²) in [6.45, 7) is 0. The van der Waals surface area contributed by atoms with E-state index in [0.717, 1.165) is 32.1 Å². The zero-order valence-electron chi connectivity index (χ0n) is 12.3. The van der Waals surface area contributed by atoms with Gasteiger partial charge in [0.05, 0.1) is 6.10 Å². The molecule has 0 aromatic heterocycles. The molecule has 3 heteroatoms. The van der Waals surface area contributed by atoms with Crippen molar-refractivity contribution in [2.75, 3.05) is 0 Å². The Morgan fingerprint density at radius 1 is 1.24 bits per heavy atom. The van der Waals surface area contributed by atoms with Crippen molar-refractivity contribution >= 4 is 5.97 Å². The van der Waals surface area contributed by atoms with Gasteiger partial charge >= 0.3 is 5.97 Å². The van der Waals surface area contributed by atoms with Gasteiger partial charge in [-0.15, -0.1) is 0 Å². The second-order valence-corrected chi connectivity index (χ2v) is 5.89. The summed E-state index contributed by atoms with van der Waals surface area (Å²) >= 11 is 0. The van der Waals surface area contributed by atoms with Gasteiger partial charge in [0.2, 0.25) is 0 Å². The molecule has 21 heavy (non-hydrogen) atoms. The standard InChI is InChI=1S/C18H24O3/c19-17-12-11-15(13-18(20)21)16(17)10-6-2-5-9-14-7-3-1-4-8-14/h1,3-4,6-8,10,15-17,19H,2,5,9,11-13H2,(H,20,21)/b10-6+/t15-,16-,17-/m1/s1. The first-order valence-electron chi connectivity index (χ1n) is 7.77. The average Bonchev–Trinajstić information content (AvgIpc) is 2.80. The minimum Gasteiger partial charge on any atom is -0.481 e. The Morgan fingerprint density at radius 3 is 2.71 bits per heavy atom. The van der Waals surface area contributed by atoms with Gasteiger partial charge < -0.3 is 10.2 Å². The van der Waals surface area contributed by atoms with Crippen molar-refractivity contribution in [3.8, 4) is 0 Å². The molecule has 2 rings (SSSR count). The Kier molecular flexibility index (Phi) is 6.00. The zero-order valence-corrected chi connectivity index (χ0v) is 12.3. The van der Waals surface area contributed by atoms with Crippen molar-refractivity contribution in [1.29, 1.82) is 0 Å². The third-order valence-corrected chi connectivity index (χ3v) is 4.30. The fourth-order valence-corrected chi connectivity index (χ4v) is 3.15. The molecule has 3 nitrogen and oxygen atoms in total. The lowest BCUT2D eigenvalue weighted by Crippen LogP contribution is -2.19. The number of allylic oxidation sites excluding steroid dienone is 1. The number of carboxylic acids is 1. The molecular formula is C18H24O3. The molecule has 114 valence electrons. The monoisotopic (exact) mass is 288 g/mol. The summed E-state index contributed by atoms with van der Waals surface area (Å²) in [6.07, 6.45) is 8.56. The van der Waals surface area contributed by atoms with Crippen molar-refractivity contribution in [2.45, 2.75) is 44.6 Å². The first kappa shape index (κ1) is 15.8. The average molecular weight is 288 g/mol. The normalized spacial score (nSPS) is 25.5. The predicted molar refractivity (Wildman–Crippen MR) is 83.0 cm³/mol. The minimum absolute atomic E-state index is 0.0119. The van der Waals surface area contributed by atoms with Gasteiger partial charge in [-0.25, -0.2) is 0 Å². The van der Waals surface area contributed by atoms with E-state index in [9.17, 15) is 9.90 Å². The van der Waals surface area contributed by atoms with Gasteiger partial charge in [0.1, 0.15) is 0 Å². The maximum absolute atomic E-state index is 10.8. The Hall–Kier alpha value is -1.61. The molecule has 1 aromatic carbocycles. The first-order chi connectivity index (χ1) is 10.2.